The lowest BCUT2D eigenvalue weighted by Gasteiger charge is -2.29. The van der Waals surface area contributed by atoms with Crippen LogP contribution in [0.1, 0.15) is 34.3 Å². The highest BCUT2D eigenvalue weighted by molar-refractivity contribution is 6.05. The van der Waals surface area contributed by atoms with Gasteiger partial charge in [0, 0.05) is 50.3 Å². The fourth-order valence-electron chi connectivity index (χ4n) is 3.77. The van der Waals surface area contributed by atoms with Crippen LogP contribution in [0.15, 0.2) is 18.2 Å². The summed E-state index contributed by atoms with van der Waals surface area (Å²) in [7, 11) is 0. The number of imide groups is 1. The molecule has 1 unspecified atom stereocenters. The van der Waals surface area contributed by atoms with E-state index in [1.165, 1.54) is 0 Å². The maximum atomic E-state index is 12.7. The van der Waals surface area contributed by atoms with Gasteiger partial charge in [0.1, 0.15) is 6.04 Å². The van der Waals surface area contributed by atoms with E-state index in [2.05, 4.69) is 27.4 Å². The number of piperidine rings is 1. The molecule has 0 bridgehead atoms. The van der Waals surface area contributed by atoms with E-state index in [4.69, 9.17) is 0 Å². The first-order valence-corrected chi connectivity index (χ1v) is 9.31. The minimum Gasteiger partial charge on any atom is -0.322 e. The number of hydrogen-bond donors (Lipinski definition) is 2. The van der Waals surface area contributed by atoms with Crippen molar-refractivity contribution < 1.29 is 14.4 Å². The standard InChI is InChI=1S/C20H22N4O3.ClH/c25-18-6-5-17(19(26)22-18)24-13-15-12-14(3-4-16(15)20(24)27)2-1-9-23-10-7-21-8-11-23;/h3-4,12,17,21H,5-11,13H2,(H,22,25,26);1H. The highest BCUT2D eigenvalue weighted by Gasteiger charge is 2.38. The molecule has 0 aliphatic carbocycles. The maximum absolute atomic E-state index is 12.7. The number of benzene rings is 1. The van der Waals surface area contributed by atoms with Gasteiger partial charge in [-0.2, -0.15) is 0 Å². The second-order valence-corrected chi connectivity index (χ2v) is 7.10. The molecule has 3 aliphatic heterocycles. The first-order chi connectivity index (χ1) is 13.1. The molecule has 4 rings (SSSR count). The molecule has 0 radical (unpaired) electrons. The summed E-state index contributed by atoms with van der Waals surface area (Å²) in [6.07, 6.45) is 0.640. The molecule has 1 aromatic carbocycles. The van der Waals surface area contributed by atoms with E-state index in [1.807, 2.05) is 12.1 Å². The van der Waals surface area contributed by atoms with Crippen molar-refractivity contribution in [3.8, 4) is 11.8 Å². The third kappa shape index (κ3) is 4.20. The van der Waals surface area contributed by atoms with E-state index < -0.39 is 6.04 Å². The molecule has 0 aromatic heterocycles. The van der Waals surface area contributed by atoms with Gasteiger partial charge in [-0.3, -0.25) is 24.6 Å². The Morgan fingerprint density at radius 1 is 1.14 bits per heavy atom. The molecule has 3 aliphatic rings. The summed E-state index contributed by atoms with van der Waals surface area (Å²) in [6.45, 7) is 5.13. The topological polar surface area (TPSA) is 81.8 Å². The molecule has 1 aromatic rings. The first kappa shape index (κ1) is 20.3. The van der Waals surface area contributed by atoms with Crippen molar-refractivity contribution >= 4 is 30.1 Å². The Labute approximate surface area is 170 Å². The number of carbonyl (C=O) groups is 3. The normalized spacial score (nSPS) is 22.1. The van der Waals surface area contributed by atoms with Crippen LogP contribution in [-0.2, 0) is 16.1 Å². The van der Waals surface area contributed by atoms with Gasteiger partial charge in [0.15, 0.2) is 0 Å². The second kappa shape index (κ2) is 8.74. The number of carbonyl (C=O) groups excluding carboxylic acids is 3. The third-order valence-corrected chi connectivity index (χ3v) is 5.27. The van der Waals surface area contributed by atoms with Crippen LogP contribution < -0.4 is 10.6 Å². The number of rotatable bonds is 2. The van der Waals surface area contributed by atoms with Gasteiger partial charge in [-0.25, -0.2) is 0 Å². The third-order valence-electron chi connectivity index (χ3n) is 5.27. The summed E-state index contributed by atoms with van der Waals surface area (Å²) in [5.74, 6) is 5.57. The Bertz CT molecular complexity index is 855. The fraction of sp³-hybridized carbons (Fsp3) is 0.450. The molecular weight excluding hydrogens is 380 g/mol. The van der Waals surface area contributed by atoms with Crippen molar-refractivity contribution in [2.45, 2.75) is 25.4 Å². The van der Waals surface area contributed by atoms with Gasteiger partial charge >= 0.3 is 0 Å². The van der Waals surface area contributed by atoms with E-state index in [0.29, 0.717) is 18.5 Å². The lowest BCUT2D eigenvalue weighted by Crippen LogP contribution is -2.52. The van der Waals surface area contributed by atoms with Crippen LogP contribution in [-0.4, -0.2) is 66.3 Å². The molecule has 3 amide bonds. The average molecular weight is 403 g/mol. The summed E-state index contributed by atoms with van der Waals surface area (Å²) >= 11 is 0. The van der Waals surface area contributed by atoms with Crippen LogP contribution in [0.4, 0.5) is 0 Å². The summed E-state index contributed by atoms with van der Waals surface area (Å²) < 4.78 is 0. The van der Waals surface area contributed by atoms with Crippen molar-refractivity contribution in [3.05, 3.63) is 34.9 Å². The SMILES string of the molecule is Cl.O=C1CCC(N2Cc3cc(C#CCN4CCNCC4)ccc3C2=O)C(=O)N1. The molecule has 2 saturated heterocycles. The minimum atomic E-state index is -0.579. The highest BCUT2D eigenvalue weighted by atomic mass is 35.5. The van der Waals surface area contributed by atoms with E-state index >= 15 is 0 Å². The van der Waals surface area contributed by atoms with E-state index in [-0.39, 0.29) is 36.5 Å². The molecule has 148 valence electrons. The number of amides is 3. The van der Waals surface area contributed by atoms with Gasteiger partial charge in [0.25, 0.3) is 5.91 Å². The Kier molecular flexibility index (Phi) is 6.35. The number of hydrogen-bond acceptors (Lipinski definition) is 5. The average Bonchev–Trinajstić information content (AvgIpc) is 2.99. The van der Waals surface area contributed by atoms with Crippen LogP contribution in [0.5, 0.6) is 0 Å². The van der Waals surface area contributed by atoms with Gasteiger partial charge in [0.2, 0.25) is 11.8 Å². The van der Waals surface area contributed by atoms with E-state index in [9.17, 15) is 14.4 Å². The lowest BCUT2D eigenvalue weighted by molar-refractivity contribution is -0.136. The van der Waals surface area contributed by atoms with Crippen LogP contribution >= 0.6 is 12.4 Å². The van der Waals surface area contributed by atoms with Gasteiger partial charge < -0.3 is 10.2 Å². The monoisotopic (exact) mass is 402 g/mol. The maximum Gasteiger partial charge on any atom is 0.255 e. The quantitative estimate of drug-likeness (QED) is 0.542. The van der Waals surface area contributed by atoms with E-state index in [0.717, 1.165) is 43.9 Å². The molecule has 1 atom stereocenters. The Balaban J connectivity index is 0.00000225. The Morgan fingerprint density at radius 2 is 1.93 bits per heavy atom. The number of halogens is 1. The Morgan fingerprint density at radius 3 is 2.68 bits per heavy atom. The lowest BCUT2D eigenvalue weighted by atomic mass is 10.0. The molecule has 2 fully saturated rings. The van der Waals surface area contributed by atoms with Crippen molar-refractivity contribution in [1.29, 1.82) is 0 Å². The molecule has 2 N–H and O–H groups in total. The van der Waals surface area contributed by atoms with Gasteiger partial charge in [-0.1, -0.05) is 11.8 Å². The smallest absolute Gasteiger partial charge is 0.255 e. The van der Waals surface area contributed by atoms with Crippen molar-refractivity contribution in [3.63, 3.8) is 0 Å². The number of nitrogens with one attached hydrogen (secondary N) is 2. The van der Waals surface area contributed by atoms with Gasteiger partial charge in [0.05, 0.1) is 6.54 Å². The fourth-order valence-corrected chi connectivity index (χ4v) is 3.77. The van der Waals surface area contributed by atoms with Crippen LogP contribution in [0.3, 0.4) is 0 Å². The molecule has 28 heavy (non-hydrogen) atoms. The van der Waals surface area contributed by atoms with Crippen LogP contribution in [0.25, 0.3) is 0 Å². The van der Waals surface area contributed by atoms with E-state index in [1.54, 1.807) is 11.0 Å². The number of fused-ring (bicyclic) bond motifs is 1. The predicted octanol–water partition coefficient (Wildman–Crippen LogP) is 0.126. The zero-order valence-corrected chi connectivity index (χ0v) is 16.3. The molecule has 0 spiro atoms. The zero-order chi connectivity index (χ0) is 18.8. The molecule has 3 heterocycles. The Hall–Kier alpha value is -2.40. The highest BCUT2D eigenvalue weighted by Crippen LogP contribution is 2.28. The minimum absolute atomic E-state index is 0. The molecular formula is C20H23ClN4O3. The zero-order valence-electron chi connectivity index (χ0n) is 15.5. The number of piperazine rings is 1. The molecule has 8 heteroatoms. The van der Waals surface area contributed by atoms with Crippen LogP contribution in [0.2, 0.25) is 0 Å². The second-order valence-electron chi connectivity index (χ2n) is 7.10. The summed E-state index contributed by atoms with van der Waals surface area (Å²) in [5.41, 5.74) is 2.38. The van der Waals surface area contributed by atoms with Crippen molar-refractivity contribution in [2.75, 3.05) is 32.7 Å². The van der Waals surface area contributed by atoms with Gasteiger partial charge in [-0.15, -0.1) is 12.4 Å². The van der Waals surface area contributed by atoms with Gasteiger partial charge in [-0.05, 0) is 30.2 Å². The van der Waals surface area contributed by atoms with Crippen molar-refractivity contribution in [1.82, 2.24) is 20.4 Å². The largest absolute Gasteiger partial charge is 0.322 e. The summed E-state index contributed by atoms with van der Waals surface area (Å²) in [6, 6.07) is 5.00. The molecule has 7 nitrogen and oxygen atoms in total. The summed E-state index contributed by atoms with van der Waals surface area (Å²) in [5, 5.41) is 5.64. The first-order valence-electron chi connectivity index (χ1n) is 9.31. The van der Waals surface area contributed by atoms with Crippen LogP contribution in [0, 0.1) is 11.8 Å². The van der Waals surface area contributed by atoms with Crippen molar-refractivity contribution in [2.24, 2.45) is 0 Å². The summed E-state index contributed by atoms with van der Waals surface area (Å²) in [4.78, 5) is 40.0. The predicted molar refractivity (Wildman–Crippen MR) is 106 cm³/mol. The molecule has 0 saturated carbocycles. The number of nitrogens with zero attached hydrogens (tertiary/aromatic N) is 2.